The van der Waals surface area contributed by atoms with Crippen LogP contribution in [0.1, 0.15) is 26.7 Å². The van der Waals surface area contributed by atoms with E-state index in [0.29, 0.717) is 6.04 Å². The first-order valence-corrected chi connectivity index (χ1v) is 5.76. The number of hydrogen-bond acceptors (Lipinski definition) is 3. The highest BCUT2D eigenvalue weighted by Gasteiger charge is 2.23. The lowest BCUT2D eigenvalue weighted by atomic mass is 10.0. The molecule has 1 amide bonds. The van der Waals surface area contributed by atoms with E-state index in [1.54, 1.807) is 0 Å². The molecule has 1 rings (SSSR count). The highest BCUT2D eigenvalue weighted by atomic mass is 16.2. The molecule has 0 spiro atoms. The van der Waals surface area contributed by atoms with E-state index >= 15 is 0 Å². The van der Waals surface area contributed by atoms with Gasteiger partial charge < -0.3 is 16.0 Å². The van der Waals surface area contributed by atoms with Crippen LogP contribution in [0.4, 0.5) is 0 Å². The number of carbonyl (C=O) groups excluding carboxylic acids is 1. The number of nitrogens with one attached hydrogen (secondary N) is 1. The molecular formula is C11H23N3O. The predicted octanol–water partition coefficient (Wildman–Crippen LogP) is 0.180. The molecule has 0 aromatic heterocycles. The fraction of sp³-hybridized carbons (Fsp3) is 0.909. The van der Waals surface area contributed by atoms with Crippen LogP contribution >= 0.6 is 0 Å². The maximum absolute atomic E-state index is 11.6. The van der Waals surface area contributed by atoms with Crippen LogP contribution in [0.25, 0.3) is 0 Å². The Morgan fingerprint density at radius 1 is 1.60 bits per heavy atom. The van der Waals surface area contributed by atoms with Crippen molar-refractivity contribution in [2.45, 2.75) is 38.8 Å². The molecule has 0 bridgehead atoms. The van der Waals surface area contributed by atoms with Crippen molar-refractivity contribution in [3.63, 3.8) is 0 Å². The van der Waals surface area contributed by atoms with Gasteiger partial charge in [0.25, 0.3) is 0 Å². The highest BCUT2D eigenvalue weighted by Crippen LogP contribution is 2.13. The Balaban J connectivity index is 2.27. The minimum absolute atomic E-state index is 0.0229. The van der Waals surface area contributed by atoms with Gasteiger partial charge in [-0.15, -0.1) is 0 Å². The molecule has 3 N–H and O–H groups in total. The van der Waals surface area contributed by atoms with Gasteiger partial charge in [0.1, 0.15) is 0 Å². The third-order valence-corrected chi connectivity index (χ3v) is 3.20. The molecule has 15 heavy (non-hydrogen) atoms. The Bertz CT molecular complexity index is 218. The Morgan fingerprint density at radius 2 is 2.27 bits per heavy atom. The van der Waals surface area contributed by atoms with E-state index in [-0.39, 0.29) is 17.9 Å². The fourth-order valence-corrected chi connectivity index (χ4v) is 1.88. The average molecular weight is 213 g/mol. The van der Waals surface area contributed by atoms with Crippen molar-refractivity contribution < 1.29 is 4.79 Å². The summed E-state index contributed by atoms with van der Waals surface area (Å²) in [6, 6.07) is 0.116. The quantitative estimate of drug-likeness (QED) is 0.700. The summed E-state index contributed by atoms with van der Waals surface area (Å²) in [5.41, 5.74) is 5.75. The maximum atomic E-state index is 11.6. The SMILES string of the molecule is CC(C)C(N)C(=O)NC[C@@H]1CCCN1C. The van der Waals surface area contributed by atoms with Crippen LogP contribution in [0.3, 0.4) is 0 Å². The predicted molar refractivity (Wildman–Crippen MR) is 61.5 cm³/mol. The molecule has 0 radical (unpaired) electrons. The topological polar surface area (TPSA) is 58.4 Å². The second-order valence-corrected chi connectivity index (χ2v) is 4.79. The molecule has 1 aliphatic heterocycles. The summed E-state index contributed by atoms with van der Waals surface area (Å²) >= 11 is 0. The molecule has 4 nitrogen and oxygen atoms in total. The molecule has 2 atom stereocenters. The average Bonchev–Trinajstić information content (AvgIpc) is 2.59. The molecule has 4 heteroatoms. The summed E-state index contributed by atoms with van der Waals surface area (Å²) < 4.78 is 0. The number of carbonyl (C=O) groups is 1. The van der Waals surface area contributed by atoms with Gasteiger partial charge >= 0.3 is 0 Å². The van der Waals surface area contributed by atoms with Gasteiger partial charge in [-0.2, -0.15) is 0 Å². The van der Waals surface area contributed by atoms with Crippen LogP contribution in [0, 0.1) is 5.92 Å². The van der Waals surface area contributed by atoms with Crippen molar-refractivity contribution in [1.29, 1.82) is 0 Å². The molecule has 88 valence electrons. The van der Waals surface area contributed by atoms with Crippen LogP contribution < -0.4 is 11.1 Å². The lowest BCUT2D eigenvalue weighted by Crippen LogP contribution is -2.47. The molecule has 0 saturated carbocycles. The monoisotopic (exact) mass is 213 g/mol. The normalized spacial score (nSPS) is 24.5. The van der Waals surface area contributed by atoms with Gasteiger partial charge in [0.05, 0.1) is 6.04 Å². The van der Waals surface area contributed by atoms with Gasteiger partial charge in [0, 0.05) is 12.6 Å². The maximum Gasteiger partial charge on any atom is 0.237 e. The van der Waals surface area contributed by atoms with Crippen molar-refractivity contribution in [1.82, 2.24) is 10.2 Å². The molecule has 0 aliphatic carbocycles. The zero-order chi connectivity index (χ0) is 11.4. The van der Waals surface area contributed by atoms with E-state index in [2.05, 4.69) is 17.3 Å². The Hall–Kier alpha value is -0.610. The van der Waals surface area contributed by atoms with E-state index in [4.69, 9.17) is 5.73 Å². The summed E-state index contributed by atoms with van der Waals surface area (Å²) in [6.07, 6.45) is 2.40. The Morgan fingerprint density at radius 3 is 2.73 bits per heavy atom. The van der Waals surface area contributed by atoms with Crippen molar-refractivity contribution in [3.8, 4) is 0 Å². The number of amides is 1. The Kier molecular flexibility index (Phi) is 4.54. The molecule has 0 aromatic rings. The van der Waals surface area contributed by atoms with Crippen LogP contribution in [-0.4, -0.2) is 43.0 Å². The molecule has 1 heterocycles. The van der Waals surface area contributed by atoms with E-state index in [0.717, 1.165) is 13.1 Å². The van der Waals surface area contributed by atoms with Crippen LogP contribution in [0.2, 0.25) is 0 Å². The van der Waals surface area contributed by atoms with Gasteiger partial charge in [-0.05, 0) is 32.4 Å². The Labute approximate surface area is 92.2 Å². The van der Waals surface area contributed by atoms with E-state index < -0.39 is 0 Å². The molecule has 1 saturated heterocycles. The molecular weight excluding hydrogens is 190 g/mol. The van der Waals surface area contributed by atoms with Crippen molar-refractivity contribution >= 4 is 5.91 Å². The largest absolute Gasteiger partial charge is 0.353 e. The number of likely N-dealkylation sites (tertiary alicyclic amines) is 1. The summed E-state index contributed by atoms with van der Waals surface area (Å²) in [7, 11) is 2.10. The number of rotatable bonds is 4. The molecule has 1 aliphatic rings. The molecule has 1 fully saturated rings. The van der Waals surface area contributed by atoms with Crippen LogP contribution in [-0.2, 0) is 4.79 Å². The summed E-state index contributed by atoms with van der Waals surface area (Å²) in [5.74, 6) is 0.177. The van der Waals surface area contributed by atoms with Gasteiger partial charge in [0.2, 0.25) is 5.91 Å². The molecule has 1 unspecified atom stereocenters. The third kappa shape index (κ3) is 3.47. The van der Waals surface area contributed by atoms with Crippen molar-refractivity contribution in [2.24, 2.45) is 11.7 Å². The van der Waals surface area contributed by atoms with Gasteiger partial charge in [-0.3, -0.25) is 4.79 Å². The zero-order valence-corrected chi connectivity index (χ0v) is 9.99. The summed E-state index contributed by atoms with van der Waals surface area (Å²) in [4.78, 5) is 13.9. The van der Waals surface area contributed by atoms with Crippen molar-refractivity contribution in [2.75, 3.05) is 20.1 Å². The molecule has 0 aromatic carbocycles. The minimum atomic E-state index is -0.378. The fourth-order valence-electron chi connectivity index (χ4n) is 1.88. The smallest absolute Gasteiger partial charge is 0.237 e. The van der Waals surface area contributed by atoms with E-state index in [1.807, 2.05) is 13.8 Å². The van der Waals surface area contributed by atoms with Gasteiger partial charge in [0.15, 0.2) is 0 Å². The third-order valence-electron chi connectivity index (χ3n) is 3.20. The summed E-state index contributed by atoms with van der Waals surface area (Å²) in [6.45, 7) is 5.80. The number of hydrogen-bond donors (Lipinski definition) is 2. The first kappa shape index (κ1) is 12.5. The van der Waals surface area contributed by atoms with Crippen molar-refractivity contribution in [3.05, 3.63) is 0 Å². The zero-order valence-electron chi connectivity index (χ0n) is 9.99. The first-order valence-electron chi connectivity index (χ1n) is 5.76. The van der Waals surface area contributed by atoms with E-state index in [9.17, 15) is 4.79 Å². The number of nitrogens with zero attached hydrogens (tertiary/aromatic N) is 1. The van der Waals surface area contributed by atoms with Gasteiger partial charge in [-0.1, -0.05) is 13.8 Å². The summed E-state index contributed by atoms with van der Waals surface area (Å²) in [5, 5.41) is 2.93. The number of nitrogens with two attached hydrogens (primary N) is 1. The first-order chi connectivity index (χ1) is 7.02. The second kappa shape index (κ2) is 5.47. The van der Waals surface area contributed by atoms with Crippen LogP contribution in [0.5, 0.6) is 0 Å². The minimum Gasteiger partial charge on any atom is -0.353 e. The number of likely N-dealkylation sites (N-methyl/N-ethyl adjacent to an activating group) is 1. The lowest BCUT2D eigenvalue weighted by Gasteiger charge is -2.21. The highest BCUT2D eigenvalue weighted by molar-refractivity contribution is 5.81. The second-order valence-electron chi connectivity index (χ2n) is 4.79. The van der Waals surface area contributed by atoms with Crippen LogP contribution in [0.15, 0.2) is 0 Å². The standard InChI is InChI=1S/C11H23N3O/c1-8(2)10(12)11(15)13-7-9-5-4-6-14(9)3/h8-10H,4-7,12H2,1-3H3,(H,13,15)/t9-,10?/m0/s1. The van der Waals surface area contributed by atoms with Gasteiger partial charge in [-0.25, -0.2) is 0 Å². The lowest BCUT2D eigenvalue weighted by molar-refractivity contribution is -0.123. The van der Waals surface area contributed by atoms with E-state index in [1.165, 1.54) is 12.8 Å².